The van der Waals surface area contributed by atoms with Gasteiger partial charge in [0.05, 0.1) is 0 Å². The Morgan fingerprint density at radius 3 is 2.21 bits per heavy atom. The SMILES string of the molecule is CN(C)CCCNC(=O)C1(C(=O)NCCc2ccc(Cl)cc2)CC1. The molecule has 0 unspecified atom stereocenters. The molecule has 0 radical (unpaired) electrons. The highest BCUT2D eigenvalue weighted by Crippen LogP contribution is 2.46. The standard InChI is InChI=1S/C18H26ClN3O2/c1-22(2)13-3-11-20-16(23)18(9-10-18)17(24)21-12-8-14-4-6-15(19)7-5-14/h4-7H,3,8-13H2,1-2H3,(H,20,23)(H,21,24). The molecule has 0 aliphatic heterocycles. The van der Waals surface area contributed by atoms with Crippen LogP contribution in [0.5, 0.6) is 0 Å². The second kappa shape index (κ2) is 8.49. The molecule has 0 saturated heterocycles. The molecule has 0 spiro atoms. The third-order valence-corrected chi connectivity index (χ3v) is 4.55. The Balaban J connectivity index is 1.72. The van der Waals surface area contributed by atoms with Crippen LogP contribution >= 0.6 is 11.6 Å². The number of hydrogen-bond acceptors (Lipinski definition) is 3. The zero-order valence-corrected chi connectivity index (χ0v) is 15.2. The van der Waals surface area contributed by atoms with Crippen LogP contribution in [0.2, 0.25) is 5.02 Å². The van der Waals surface area contributed by atoms with Crippen molar-refractivity contribution in [1.29, 1.82) is 0 Å². The maximum absolute atomic E-state index is 12.4. The van der Waals surface area contributed by atoms with Crippen molar-refractivity contribution in [2.45, 2.75) is 25.7 Å². The van der Waals surface area contributed by atoms with Crippen LogP contribution in [-0.2, 0) is 16.0 Å². The smallest absolute Gasteiger partial charge is 0.235 e. The molecule has 1 aromatic carbocycles. The maximum atomic E-state index is 12.4. The van der Waals surface area contributed by atoms with Gasteiger partial charge in [0.15, 0.2) is 0 Å². The summed E-state index contributed by atoms with van der Waals surface area (Å²) in [6, 6.07) is 7.56. The fourth-order valence-corrected chi connectivity index (χ4v) is 2.72. The molecule has 2 amide bonds. The molecule has 1 saturated carbocycles. The van der Waals surface area contributed by atoms with Crippen molar-refractivity contribution >= 4 is 23.4 Å². The first-order chi connectivity index (χ1) is 11.4. The molecule has 132 valence electrons. The third-order valence-electron chi connectivity index (χ3n) is 4.30. The van der Waals surface area contributed by atoms with Crippen molar-refractivity contribution < 1.29 is 9.59 Å². The van der Waals surface area contributed by atoms with E-state index in [0.29, 0.717) is 31.0 Å². The molecular weight excluding hydrogens is 326 g/mol. The van der Waals surface area contributed by atoms with Gasteiger partial charge in [-0.15, -0.1) is 0 Å². The highest BCUT2D eigenvalue weighted by Gasteiger charge is 2.56. The van der Waals surface area contributed by atoms with Gasteiger partial charge in [-0.1, -0.05) is 23.7 Å². The van der Waals surface area contributed by atoms with Gasteiger partial charge in [-0.2, -0.15) is 0 Å². The third kappa shape index (κ3) is 5.21. The molecule has 6 heteroatoms. The van der Waals surface area contributed by atoms with E-state index in [1.807, 2.05) is 38.4 Å². The van der Waals surface area contributed by atoms with Gasteiger partial charge in [-0.25, -0.2) is 0 Å². The molecule has 2 rings (SSSR count). The summed E-state index contributed by atoms with van der Waals surface area (Å²) in [4.78, 5) is 26.7. The highest BCUT2D eigenvalue weighted by molar-refractivity contribution is 6.30. The monoisotopic (exact) mass is 351 g/mol. The first-order valence-corrected chi connectivity index (χ1v) is 8.77. The fraction of sp³-hybridized carbons (Fsp3) is 0.556. The van der Waals surface area contributed by atoms with Crippen molar-refractivity contribution in [2.24, 2.45) is 5.41 Å². The Labute approximate surface area is 148 Å². The van der Waals surface area contributed by atoms with Crippen LogP contribution in [0.25, 0.3) is 0 Å². The van der Waals surface area contributed by atoms with Crippen LogP contribution < -0.4 is 10.6 Å². The first kappa shape index (κ1) is 18.7. The first-order valence-electron chi connectivity index (χ1n) is 8.40. The molecule has 0 bridgehead atoms. The van der Waals surface area contributed by atoms with Gasteiger partial charge < -0.3 is 15.5 Å². The lowest BCUT2D eigenvalue weighted by atomic mass is 10.0. The molecule has 1 fully saturated rings. The lowest BCUT2D eigenvalue weighted by Crippen LogP contribution is -2.44. The predicted octanol–water partition coefficient (Wildman–Crippen LogP) is 1.85. The summed E-state index contributed by atoms with van der Waals surface area (Å²) in [7, 11) is 4.00. The van der Waals surface area contributed by atoms with E-state index in [9.17, 15) is 9.59 Å². The Morgan fingerprint density at radius 2 is 1.67 bits per heavy atom. The topological polar surface area (TPSA) is 61.4 Å². The van der Waals surface area contributed by atoms with E-state index in [4.69, 9.17) is 11.6 Å². The summed E-state index contributed by atoms with van der Waals surface area (Å²) >= 11 is 5.85. The summed E-state index contributed by atoms with van der Waals surface area (Å²) < 4.78 is 0. The quantitative estimate of drug-likeness (QED) is 0.527. The molecule has 5 nitrogen and oxygen atoms in total. The number of rotatable bonds is 9. The second-order valence-corrected chi connectivity index (χ2v) is 7.06. The van der Waals surface area contributed by atoms with E-state index in [-0.39, 0.29) is 11.8 Å². The van der Waals surface area contributed by atoms with Crippen LogP contribution in [-0.4, -0.2) is 50.4 Å². The number of halogens is 1. The number of amides is 2. The van der Waals surface area contributed by atoms with Gasteiger partial charge >= 0.3 is 0 Å². The minimum Gasteiger partial charge on any atom is -0.355 e. The zero-order valence-electron chi connectivity index (χ0n) is 14.4. The lowest BCUT2D eigenvalue weighted by Gasteiger charge is -2.16. The summed E-state index contributed by atoms with van der Waals surface area (Å²) in [6.07, 6.45) is 2.88. The van der Waals surface area contributed by atoms with Crippen LogP contribution in [0, 0.1) is 5.41 Å². The van der Waals surface area contributed by atoms with Gasteiger partial charge in [-0.3, -0.25) is 9.59 Å². The van der Waals surface area contributed by atoms with Gasteiger partial charge in [0.25, 0.3) is 0 Å². The van der Waals surface area contributed by atoms with Crippen LogP contribution in [0.3, 0.4) is 0 Å². The van der Waals surface area contributed by atoms with E-state index in [1.165, 1.54) is 0 Å². The average Bonchev–Trinajstić information content (AvgIpc) is 3.35. The minimum absolute atomic E-state index is 0.134. The molecular formula is C18H26ClN3O2. The maximum Gasteiger partial charge on any atom is 0.235 e. The van der Waals surface area contributed by atoms with E-state index < -0.39 is 5.41 Å². The molecule has 1 aliphatic carbocycles. The number of carbonyl (C=O) groups excluding carboxylic acids is 2. The van der Waals surface area contributed by atoms with Gasteiger partial charge in [-0.05, 0) is 64.0 Å². The van der Waals surface area contributed by atoms with Gasteiger partial charge in [0, 0.05) is 18.1 Å². The largest absolute Gasteiger partial charge is 0.355 e. The summed E-state index contributed by atoms with van der Waals surface area (Å²) in [6.45, 7) is 2.05. The molecule has 1 aromatic rings. The number of benzene rings is 1. The van der Waals surface area contributed by atoms with Crippen molar-refractivity contribution in [3.05, 3.63) is 34.9 Å². The average molecular weight is 352 g/mol. The molecule has 0 atom stereocenters. The second-order valence-electron chi connectivity index (χ2n) is 6.63. The number of hydrogen-bond donors (Lipinski definition) is 2. The van der Waals surface area contributed by atoms with Crippen molar-refractivity contribution in [1.82, 2.24) is 15.5 Å². The van der Waals surface area contributed by atoms with E-state index >= 15 is 0 Å². The highest BCUT2D eigenvalue weighted by atomic mass is 35.5. The molecule has 0 aromatic heterocycles. The molecule has 24 heavy (non-hydrogen) atoms. The number of nitrogens with zero attached hydrogens (tertiary/aromatic N) is 1. The summed E-state index contributed by atoms with van der Waals surface area (Å²) in [5.41, 5.74) is 0.274. The number of nitrogens with one attached hydrogen (secondary N) is 2. The summed E-state index contributed by atoms with van der Waals surface area (Å²) in [5.74, 6) is -0.285. The molecule has 1 aliphatic rings. The Kier molecular flexibility index (Phi) is 6.63. The lowest BCUT2D eigenvalue weighted by molar-refractivity contribution is -0.137. The van der Waals surface area contributed by atoms with Crippen LogP contribution in [0.4, 0.5) is 0 Å². The van der Waals surface area contributed by atoms with Crippen molar-refractivity contribution in [2.75, 3.05) is 33.7 Å². The van der Waals surface area contributed by atoms with Crippen molar-refractivity contribution in [3.8, 4) is 0 Å². The predicted molar refractivity (Wildman–Crippen MR) is 96.0 cm³/mol. The number of carbonyl (C=O) groups is 2. The normalized spacial score (nSPS) is 15.2. The molecule has 2 N–H and O–H groups in total. The van der Waals surface area contributed by atoms with Crippen LogP contribution in [0.15, 0.2) is 24.3 Å². The Morgan fingerprint density at radius 1 is 1.08 bits per heavy atom. The van der Waals surface area contributed by atoms with Gasteiger partial charge in [0.2, 0.25) is 11.8 Å². The zero-order chi connectivity index (χ0) is 17.6. The van der Waals surface area contributed by atoms with Gasteiger partial charge in [0.1, 0.15) is 5.41 Å². The minimum atomic E-state index is -0.835. The Bertz CT molecular complexity index is 568. The molecule has 0 heterocycles. The van der Waals surface area contributed by atoms with E-state index in [2.05, 4.69) is 15.5 Å². The fourth-order valence-electron chi connectivity index (χ4n) is 2.59. The van der Waals surface area contributed by atoms with E-state index in [1.54, 1.807) is 0 Å². The van der Waals surface area contributed by atoms with E-state index in [0.717, 1.165) is 24.9 Å². The van der Waals surface area contributed by atoms with Crippen molar-refractivity contribution in [3.63, 3.8) is 0 Å². The summed E-state index contributed by atoms with van der Waals surface area (Å²) in [5, 5.41) is 6.49. The van der Waals surface area contributed by atoms with Crippen LogP contribution in [0.1, 0.15) is 24.8 Å². The Hall–Kier alpha value is -1.59.